The number of hydrogen-bond acceptors (Lipinski definition) is 4. The Balaban J connectivity index is 1.69. The molecular formula is C19H25N3O2. The third kappa shape index (κ3) is 4.10. The van der Waals surface area contributed by atoms with Gasteiger partial charge in [0.15, 0.2) is 0 Å². The van der Waals surface area contributed by atoms with Crippen LogP contribution in [0.3, 0.4) is 0 Å². The molecule has 0 saturated carbocycles. The number of amides is 1. The second-order valence-corrected chi connectivity index (χ2v) is 6.65. The zero-order valence-electron chi connectivity index (χ0n) is 14.3. The molecule has 5 nitrogen and oxygen atoms in total. The van der Waals surface area contributed by atoms with Crippen LogP contribution in [-0.4, -0.2) is 36.2 Å². The van der Waals surface area contributed by atoms with E-state index < -0.39 is 0 Å². The Morgan fingerprint density at radius 3 is 2.67 bits per heavy atom. The van der Waals surface area contributed by atoms with E-state index in [0.717, 1.165) is 37.0 Å². The lowest BCUT2D eigenvalue weighted by molar-refractivity contribution is -0.119. The number of hydrogen-bond donors (Lipinski definition) is 2. The number of carbonyl (C=O) groups excluding carboxylic acids is 1. The third-order valence-electron chi connectivity index (χ3n) is 4.44. The molecule has 128 valence electrons. The van der Waals surface area contributed by atoms with Crippen LogP contribution in [0.15, 0.2) is 36.4 Å². The first kappa shape index (κ1) is 16.9. The number of fused-ring (bicyclic) bond motifs is 1. The van der Waals surface area contributed by atoms with E-state index in [-0.39, 0.29) is 17.9 Å². The molecule has 1 aliphatic rings. The standard InChI is InChI=1S/C19H25N3O2/c1-13(2)18(20-15-9-11-24-12-10-15)19(23)22-17-8-7-14-5-3-4-6-16(14)21-17/h3-8,13,15,18,20H,9-12H2,1-2H3,(H,21,22,23). The highest BCUT2D eigenvalue weighted by Crippen LogP contribution is 2.16. The van der Waals surface area contributed by atoms with Gasteiger partial charge >= 0.3 is 0 Å². The molecule has 2 N–H and O–H groups in total. The van der Waals surface area contributed by atoms with Gasteiger partial charge in [0.2, 0.25) is 5.91 Å². The Labute approximate surface area is 142 Å². The molecule has 1 aromatic heterocycles. The normalized spacial score (nSPS) is 17.1. The minimum atomic E-state index is -0.235. The first-order chi connectivity index (χ1) is 11.6. The lowest BCUT2D eigenvalue weighted by Crippen LogP contribution is -2.50. The fourth-order valence-electron chi connectivity index (χ4n) is 3.03. The summed E-state index contributed by atoms with van der Waals surface area (Å²) < 4.78 is 5.39. The molecule has 1 aliphatic heterocycles. The van der Waals surface area contributed by atoms with Crippen LogP contribution in [-0.2, 0) is 9.53 Å². The van der Waals surface area contributed by atoms with Crippen LogP contribution in [0.2, 0.25) is 0 Å². The molecule has 3 rings (SSSR count). The smallest absolute Gasteiger partial charge is 0.242 e. The molecule has 1 aromatic carbocycles. The van der Waals surface area contributed by atoms with E-state index in [0.29, 0.717) is 11.9 Å². The van der Waals surface area contributed by atoms with E-state index in [1.165, 1.54) is 0 Å². The first-order valence-electron chi connectivity index (χ1n) is 8.64. The highest BCUT2D eigenvalue weighted by molar-refractivity contribution is 5.95. The maximum absolute atomic E-state index is 12.7. The quantitative estimate of drug-likeness (QED) is 0.886. The first-order valence-corrected chi connectivity index (χ1v) is 8.64. The summed E-state index contributed by atoms with van der Waals surface area (Å²) in [6, 6.07) is 11.8. The third-order valence-corrected chi connectivity index (χ3v) is 4.44. The molecule has 1 saturated heterocycles. The highest BCUT2D eigenvalue weighted by atomic mass is 16.5. The number of carbonyl (C=O) groups is 1. The van der Waals surface area contributed by atoms with Gasteiger partial charge in [-0.1, -0.05) is 32.0 Å². The van der Waals surface area contributed by atoms with Crippen molar-refractivity contribution < 1.29 is 9.53 Å². The van der Waals surface area contributed by atoms with Crippen molar-refractivity contribution in [1.82, 2.24) is 10.3 Å². The van der Waals surface area contributed by atoms with Gasteiger partial charge in [0.05, 0.1) is 11.6 Å². The van der Waals surface area contributed by atoms with Gasteiger partial charge in [-0.2, -0.15) is 0 Å². The number of anilines is 1. The number of nitrogens with zero attached hydrogens (tertiary/aromatic N) is 1. The van der Waals surface area contributed by atoms with E-state index in [1.807, 2.05) is 36.4 Å². The van der Waals surface area contributed by atoms with Crippen LogP contribution in [0.4, 0.5) is 5.82 Å². The van der Waals surface area contributed by atoms with Crippen LogP contribution < -0.4 is 10.6 Å². The molecule has 5 heteroatoms. The molecule has 1 fully saturated rings. The largest absolute Gasteiger partial charge is 0.381 e. The van der Waals surface area contributed by atoms with Gasteiger partial charge < -0.3 is 15.4 Å². The summed E-state index contributed by atoms with van der Waals surface area (Å²) in [5, 5.41) is 7.52. The van der Waals surface area contributed by atoms with Crippen molar-refractivity contribution in [1.29, 1.82) is 0 Å². The molecule has 0 bridgehead atoms. The molecule has 1 amide bonds. The molecule has 24 heavy (non-hydrogen) atoms. The average Bonchev–Trinajstić information content (AvgIpc) is 2.60. The summed E-state index contributed by atoms with van der Waals surface area (Å²) in [5.74, 6) is 0.769. The summed E-state index contributed by atoms with van der Waals surface area (Å²) in [6.07, 6.45) is 1.90. The molecule has 0 spiro atoms. The molecule has 0 aliphatic carbocycles. The van der Waals surface area contributed by atoms with Crippen molar-refractivity contribution in [3.8, 4) is 0 Å². The van der Waals surface area contributed by atoms with Crippen molar-refractivity contribution in [2.24, 2.45) is 5.92 Å². The van der Waals surface area contributed by atoms with Gasteiger partial charge in [0.25, 0.3) is 0 Å². The summed E-state index contributed by atoms with van der Waals surface area (Å²) in [4.78, 5) is 17.2. The number of rotatable bonds is 5. The molecule has 2 aromatic rings. The van der Waals surface area contributed by atoms with Crippen molar-refractivity contribution in [3.63, 3.8) is 0 Å². The second-order valence-electron chi connectivity index (χ2n) is 6.65. The van der Waals surface area contributed by atoms with Gasteiger partial charge in [-0.05, 0) is 37.0 Å². The van der Waals surface area contributed by atoms with E-state index >= 15 is 0 Å². The number of ether oxygens (including phenoxy) is 1. The maximum Gasteiger partial charge on any atom is 0.242 e. The Morgan fingerprint density at radius 2 is 1.92 bits per heavy atom. The summed E-state index contributed by atoms with van der Waals surface area (Å²) in [5.41, 5.74) is 0.883. The maximum atomic E-state index is 12.7. The number of para-hydroxylation sites is 1. The van der Waals surface area contributed by atoms with Crippen LogP contribution in [0, 0.1) is 5.92 Å². The average molecular weight is 327 g/mol. The predicted molar refractivity (Wildman–Crippen MR) is 96.0 cm³/mol. The van der Waals surface area contributed by atoms with Gasteiger partial charge in [0.1, 0.15) is 5.82 Å². The molecule has 2 heterocycles. The molecule has 1 unspecified atom stereocenters. The minimum absolute atomic E-state index is 0.0285. The van der Waals surface area contributed by atoms with Crippen LogP contribution in [0.1, 0.15) is 26.7 Å². The Bertz CT molecular complexity index is 696. The Morgan fingerprint density at radius 1 is 1.17 bits per heavy atom. The Kier molecular flexibility index (Phi) is 5.43. The fraction of sp³-hybridized carbons (Fsp3) is 0.474. The molecular weight excluding hydrogens is 302 g/mol. The van der Waals surface area contributed by atoms with Gasteiger partial charge in [0, 0.05) is 24.6 Å². The highest BCUT2D eigenvalue weighted by Gasteiger charge is 2.26. The minimum Gasteiger partial charge on any atom is -0.381 e. The zero-order chi connectivity index (χ0) is 16.9. The lowest BCUT2D eigenvalue weighted by atomic mass is 10.00. The zero-order valence-corrected chi connectivity index (χ0v) is 14.3. The van der Waals surface area contributed by atoms with E-state index in [2.05, 4.69) is 29.5 Å². The van der Waals surface area contributed by atoms with Crippen molar-refractivity contribution in [3.05, 3.63) is 36.4 Å². The fourth-order valence-corrected chi connectivity index (χ4v) is 3.03. The Hall–Kier alpha value is -1.98. The van der Waals surface area contributed by atoms with Crippen LogP contribution in [0.25, 0.3) is 10.9 Å². The van der Waals surface area contributed by atoms with E-state index in [4.69, 9.17) is 4.74 Å². The van der Waals surface area contributed by atoms with Crippen LogP contribution >= 0.6 is 0 Å². The van der Waals surface area contributed by atoms with Gasteiger partial charge in [-0.15, -0.1) is 0 Å². The second kappa shape index (κ2) is 7.73. The van der Waals surface area contributed by atoms with Crippen molar-refractivity contribution in [2.75, 3.05) is 18.5 Å². The van der Waals surface area contributed by atoms with Crippen LogP contribution in [0.5, 0.6) is 0 Å². The van der Waals surface area contributed by atoms with Gasteiger partial charge in [-0.3, -0.25) is 4.79 Å². The van der Waals surface area contributed by atoms with Gasteiger partial charge in [-0.25, -0.2) is 4.98 Å². The monoisotopic (exact) mass is 327 g/mol. The lowest BCUT2D eigenvalue weighted by Gasteiger charge is -2.29. The number of pyridine rings is 1. The number of aromatic nitrogens is 1. The molecule has 0 radical (unpaired) electrons. The summed E-state index contributed by atoms with van der Waals surface area (Å²) in [6.45, 7) is 5.64. The topological polar surface area (TPSA) is 63.2 Å². The summed E-state index contributed by atoms with van der Waals surface area (Å²) >= 11 is 0. The van der Waals surface area contributed by atoms with E-state index in [9.17, 15) is 4.79 Å². The summed E-state index contributed by atoms with van der Waals surface area (Å²) in [7, 11) is 0. The number of benzene rings is 1. The van der Waals surface area contributed by atoms with Crippen molar-refractivity contribution in [2.45, 2.75) is 38.8 Å². The SMILES string of the molecule is CC(C)C(NC1CCOCC1)C(=O)Nc1ccc2ccccc2n1. The number of nitrogens with one attached hydrogen (secondary N) is 2. The predicted octanol–water partition coefficient (Wildman–Crippen LogP) is 2.97. The van der Waals surface area contributed by atoms with E-state index in [1.54, 1.807) is 0 Å². The van der Waals surface area contributed by atoms with Crippen molar-refractivity contribution >= 4 is 22.6 Å². The molecule has 1 atom stereocenters.